The normalized spacial score (nSPS) is 11.4. The summed E-state index contributed by atoms with van der Waals surface area (Å²) < 4.78 is 0. The summed E-state index contributed by atoms with van der Waals surface area (Å²) in [4.78, 5) is 42.9. The van der Waals surface area contributed by atoms with Gasteiger partial charge < -0.3 is 26.3 Å². The minimum Gasteiger partial charge on any atom is -0.481 e. The largest absolute Gasteiger partial charge is 0.481 e. The van der Waals surface area contributed by atoms with Crippen LogP contribution in [0.25, 0.3) is 0 Å². The van der Waals surface area contributed by atoms with E-state index in [9.17, 15) is 19.2 Å². The summed E-state index contributed by atoms with van der Waals surface area (Å²) in [6.07, 6.45) is 2.80. The first-order valence-electron chi connectivity index (χ1n) is 6.45. The second kappa shape index (κ2) is 10.8. The van der Waals surface area contributed by atoms with E-state index in [2.05, 4.69) is 10.6 Å². The molecule has 0 aliphatic heterocycles. The molecule has 20 heavy (non-hydrogen) atoms. The van der Waals surface area contributed by atoms with E-state index < -0.39 is 18.0 Å². The Morgan fingerprint density at radius 1 is 1.15 bits per heavy atom. The fourth-order valence-corrected chi connectivity index (χ4v) is 1.53. The van der Waals surface area contributed by atoms with E-state index in [1.54, 1.807) is 0 Å². The lowest BCUT2D eigenvalue weighted by Crippen LogP contribution is -2.36. The molecular formula is C12H21N3O5. The highest BCUT2D eigenvalue weighted by Crippen LogP contribution is 2.01. The van der Waals surface area contributed by atoms with Gasteiger partial charge in [-0.05, 0) is 19.3 Å². The van der Waals surface area contributed by atoms with Gasteiger partial charge in [-0.3, -0.25) is 9.59 Å². The van der Waals surface area contributed by atoms with Crippen LogP contribution in [-0.4, -0.2) is 41.9 Å². The van der Waals surface area contributed by atoms with Gasteiger partial charge in [-0.2, -0.15) is 0 Å². The fraction of sp³-hybridized carbons (Fsp3) is 0.667. The molecule has 0 aromatic carbocycles. The number of urea groups is 1. The number of aldehydes is 1. The molecule has 8 heteroatoms. The highest BCUT2D eigenvalue weighted by Gasteiger charge is 2.12. The molecule has 0 saturated heterocycles. The molecule has 0 heterocycles. The molecule has 114 valence electrons. The van der Waals surface area contributed by atoms with Crippen LogP contribution in [0.4, 0.5) is 4.79 Å². The van der Waals surface area contributed by atoms with E-state index in [0.717, 1.165) is 6.42 Å². The SMILES string of the molecule is NC(=O)NCCCCCC(=O)NC(C=O)CCC(=O)O. The monoisotopic (exact) mass is 287 g/mol. The van der Waals surface area contributed by atoms with E-state index in [1.807, 2.05) is 0 Å². The second-order valence-corrected chi connectivity index (χ2v) is 4.34. The molecule has 0 fully saturated rings. The summed E-state index contributed by atoms with van der Waals surface area (Å²) >= 11 is 0. The van der Waals surface area contributed by atoms with E-state index in [4.69, 9.17) is 10.8 Å². The van der Waals surface area contributed by atoms with E-state index in [0.29, 0.717) is 25.7 Å². The second-order valence-electron chi connectivity index (χ2n) is 4.34. The van der Waals surface area contributed by atoms with Gasteiger partial charge in [0.2, 0.25) is 5.91 Å². The maximum Gasteiger partial charge on any atom is 0.312 e. The summed E-state index contributed by atoms with van der Waals surface area (Å²) in [7, 11) is 0. The number of primary amides is 1. The quantitative estimate of drug-likeness (QED) is 0.307. The molecule has 0 radical (unpaired) electrons. The van der Waals surface area contributed by atoms with Gasteiger partial charge in [0.05, 0.1) is 6.04 Å². The number of nitrogens with two attached hydrogens (primary N) is 1. The summed E-state index contributed by atoms with van der Waals surface area (Å²) in [6, 6.07) is -1.33. The van der Waals surface area contributed by atoms with Crippen LogP contribution in [0.15, 0.2) is 0 Å². The number of nitrogens with one attached hydrogen (secondary N) is 2. The number of unbranched alkanes of at least 4 members (excludes halogenated alkanes) is 2. The molecule has 8 nitrogen and oxygen atoms in total. The van der Waals surface area contributed by atoms with Crippen molar-refractivity contribution in [1.82, 2.24) is 10.6 Å². The average molecular weight is 287 g/mol. The van der Waals surface area contributed by atoms with Crippen LogP contribution in [0.2, 0.25) is 0 Å². The van der Waals surface area contributed by atoms with Crippen molar-refractivity contribution in [2.75, 3.05) is 6.54 Å². The van der Waals surface area contributed by atoms with Gasteiger partial charge in [-0.1, -0.05) is 6.42 Å². The fourth-order valence-electron chi connectivity index (χ4n) is 1.53. The third-order valence-corrected chi connectivity index (χ3v) is 2.56. The van der Waals surface area contributed by atoms with Gasteiger partial charge in [0.15, 0.2) is 0 Å². The van der Waals surface area contributed by atoms with Crippen molar-refractivity contribution in [3.63, 3.8) is 0 Å². The number of amides is 3. The van der Waals surface area contributed by atoms with Crippen LogP contribution in [0.3, 0.4) is 0 Å². The zero-order chi connectivity index (χ0) is 15.4. The van der Waals surface area contributed by atoms with Crippen LogP contribution < -0.4 is 16.4 Å². The Labute approximate surface area is 117 Å². The lowest BCUT2D eigenvalue weighted by molar-refractivity contribution is -0.137. The van der Waals surface area contributed by atoms with Crippen LogP contribution in [0.5, 0.6) is 0 Å². The smallest absolute Gasteiger partial charge is 0.312 e. The molecule has 0 saturated carbocycles. The first kappa shape index (κ1) is 17.9. The summed E-state index contributed by atoms with van der Waals surface area (Å²) in [5.74, 6) is -1.29. The first-order valence-corrected chi connectivity index (χ1v) is 6.45. The van der Waals surface area contributed by atoms with Gasteiger partial charge >= 0.3 is 12.0 Å². The number of carboxylic acids is 1. The van der Waals surface area contributed by atoms with Gasteiger partial charge in [0.25, 0.3) is 0 Å². The Bertz CT molecular complexity index is 346. The molecular weight excluding hydrogens is 266 g/mol. The van der Waals surface area contributed by atoms with Gasteiger partial charge in [0, 0.05) is 19.4 Å². The standard InChI is InChI=1S/C12H21N3O5/c13-12(20)14-7-3-1-2-4-10(17)15-9(8-16)5-6-11(18)19/h8-9H,1-7H2,(H,15,17)(H,18,19)(H3,13,14,20). The summed E-state index contributed by atoms with van der Waals surface area (Å²) in [5, 5.41) is 13.4. The maximum atomic E-state index is 11.5. The van der Waals surface area contributed by atoms with Gasteiger partial charge in [-0.25, -0.2) is 4.79 Å². The van der Waals surface area contributed by atoms with E-state index >= 15 is 0 Å². The van der Waals surface area contributed by atoms with Crippen LogP contribution in [-0.2, 0) is 14.4 Å². The molecule has 0 rings (SSSR count). The molecule has 1 unspecified atom stereocenters. The van der Waals surface area contributed by atoms with Crippen molar-refractivity contribution in [3.05, 3.63) is 0 Å². The van der Waals surface area contributed by atoms with Crippen molar-refractivity contribution in [2.45, 2.75) is 44.6 Å². The number of rotatable bonds is 11. The third-order valence-electron chi connectivity index (χ3n) is 2.56. The number of carboxylic acid groups (broad SMARTS) is 1. The van der Waals surface area contributed by atoms with Crippen LogP contribution >= 0.6 is 0 Å². The molecule has 0 spiro atoms. The van der Waals surface area contributed by atoms with Crippen molar-refractivity contribution >= 4 is 24.2 Å². The lowest BCUT2D eigenvalue weighted by atomic mass is 10.1. The predicted molar refractivity (Wildman–Crippen MR) is 70.9 cm³/mol. The number of aliphatic carboxylic acids is 1. The summed E-state index contributed by atoms with van der Waals surface area (Å²) in [6.45, 7) is 0.465. The zero-order valence-corrected chi connectivity index (χ0v) is 11.3. The lowest BCUT2D eigenvalue weighted by Gasteiger charge is -2.11. The maximum absolute atomic E-state index is 11.5. The predicted octanol–water partition coefficient (Wildman–Crippen LogP) is -0.236. The molecule has 0 aliphatic carbocycles. The Balaban J connectivity index is 3.67. The minimum absolute atomic E-state index is 0.0904. The van der Waals surface area contributed by atoms with Crippen molar-refractivity contribution in [1.29, 1.82) is 0 Å². The first-order chi connectivity index (χ1) is 9.45. The zero-order valence-electron chi connectivity index (χ0n) is 11.3. The topological polar surface area (TPSA) is 139 Å². The molecule has 5 N–H and O–H groups in total. The molecule has 1 atom stereocenters. The van der Waals surface area contributed by atoms with Crippen molar-refractivity contribution in [2.24, 2.45) is 5.73 Å². The molecule has 3 amide bonds. The minimum atomic E-state index is -1.01. The van der Waals surface area contributed by atoms with Crippen LogP contribution in [0.1, 0.15) is 38.5 Å². The number of hydrogen-bond acceptors (Lipinski definition) is 4. The number of hydrogen-bond donors (Lipinski definition) is 4. The molecule has 0 aliphatic rings. The average Bonchev–Trinajstić information content (AvgIpc) is 2.38. The number of carbonyl (C=O) groups excluding carboxylic acids is 3. The Morgan fingerprint density at radius 3 is 2.40 bits per heavy atom. The Kier molecular flexibility index (Phi) is 9.63. The van der Waals surface area contributed by atoms with E-state index in [-0.39, 0.29) is 25.2 Å². The van der Waals surface area contributed by atoms with Crippen LogP contribution in [0, 0.1) is 0 Å². The summed E-state index contributed by atoms with van der Waals surface area (Å²) in [5.41, 5.74) is 4.89. The third kappa shape index (κ3) is 11.0. The van der Waals surface area contributed by atoms with Crippen molar-refractivity contribution in [3.8, 4) is 0 Å². The molecule has 0 aromatic heterocycles. The Hall–Kier alpha value is -2.12. The molecule has 0 aromatic rings. The van der Waals surface area contributed by atoms with Crippen molar-refractivity contribution < 1.29 is 24.3 Å². The van der Waals surface area contributed by atoms with E-state index in [1.165, 1.54) is 0 Å². The number of carbonyl (C=O) groups is 4. The van der Waals surface area contributed by atoms with Gasteiger partial charge in [0.1, 0.15) is 6.29 Å². The Morgan fingerprint density at radius 2 is 1.85 bits per heavy atom. The van der Waals surface area contributed by atoms with Gasteiger partial charge in [-0.15, -0.1) is 0 Å². The molecule has 0 bridgehead atoms. The highest BCUT2D eigenvalue weighted by molar-refractivity contribution is 5.79. The highest BCUT2D eigenvalue weighted by atomic mass is 16.4.